The number of para-hydroxylation sites is 2. The number of benzene rings is 1. The maximum atomic E-state index is 4.66. The van der Waals surface area contributed by atoms with E-state index in [4.69, 9.17) is 0 Å². The number of rotatable bonds is 4. The van der Waals surface area contributed by atoms with Gasteiger partial charge < -0.3 is 9.88 Å². The number of imidazole rings is 1. The van der Waals surface area contributed by atoms with E-state index in [0.717, 1.165) is 29.1 Å². The minimum atomic E-state index is 0.205. The van der Waals surface area contributed by atoms with E-state index in [-0.39, 0.29) is 6.04 Å². The van der Waals surface area contributed by atoms with Gasteiger partial charge in [-0.3, -0.25) is 4.98 Å². The van der Waals surface area contributed by atoms with Gasteiger partial charge in [-0.25, -0.2) is 4.98 Å². The van der Waals surface area contributed by atoms with Gasteiger partial charge in [0.05, 0.1) is 23.3 Å². The molecular weight excluding hydrogens is 248 g/mol. The van der Waals surface area contributed by atoms with Crippen LogP contribution in [-0.4, -0.2) is 14.5 Å². The molecule has 0 saturated heterocycles. The van der Waals surface area contributed by atoms with Crippen LogP contribution in [0.25, 0.3) is 11.0 Å². The summed E-state index contributed by atoms with van der Waals surface area (Å²) >= 11 is 0. The fourth-order valence-corrected chi connectivity index (χ4v) is 2.33. The number of nitrogens with zero attached hydrogens (tertiary/aromatic N) is 3. The minimum Gasteiger partial charge on any atom is -0.330 e. The minimum absolute atomic E-state index is 0.205. The molecule has 0 fully saturated rings. The quantitative estimate of drug-likeness (QED) is 0.789. The van der Waals surface area contributed by atoms with E-state index in [0.29, 0.717) is 0 Å². The van der Waals surface area contributed by atoms with Crippen molar-refractivity contribution in [3.63, 3.8) is 0 Å². The second-order valence-electron chi connectivity index (χ2n) is 4.93. The summed E-state index contributed by atoms with van der Waals surface area (Å²) in [4.78, 5) is 9.02. The third kappa shape index (κ3) is 2.42. The van der Waals surface area contributed by atoms with Crippen molar-refractivity contribution < 1.29 is 0 Å². The van der Waals surface area contributed by atoms with Crippen LogP contribution in [0.3, 0.4) is 0 Å². The molecule has 0 spiro atoms. The standard InChI is InChI=1S/C16H18N4/c1-12(13-7-5-6-10-17-13)18-11-16-19-14-8-3-4-9-15(14)20(16)2/h3-10,12,18H,11H2,1-2H3/t12-/m1/s1. The summed E-state index contributed by atoms with van der Waals surface area (Å²) in [6, 6.07) is 14.4. The number of hydrogen-bond donors (Lipinski definition) is 1. The molecule has 0 unspecified atom stereocenters. The summed E-state index contributed by atoms with van der Waals surface area (Å²) in [6.45, 7) is 2.84. The molecule has 4 heteroatoms. The van der Waals surface area contributed by atoms with Gasteiger partial charge in [-0.05, 0) is 31.2 Å². The van der Waals surface area contributed by atoms with Gasteiger partial charge in [-0.1, -0.05) is 18.2 Å². The van der Waals surface area contributed by atoms with Crippen LogP contribution in [0.2, 0.25) is 0 Å². The predicted molar refractivity (Wildman–Crippen MR) is 80.2 cm³/mol. The lowest BCUT2D eigenvalue weighted by atomic mass is 10.2. The average molecular weight is 266 g/mol. The molecule has 1 atom stereocenters. The van der Waals surface area contributed by atoms with E-state index in [9.17, 15) is 0 Å². The van der Waals surface area contributed by atoms with Crippen LogP contribution < -0.4 is 5.32 Å². The van der Waals surface area contributed by atoms with E-state index >= 15 is 0 Å². The predicted octanol–water partition coefficient (Wildman–Crippen LogP) is 2.82. The van der Waals surface area contributed by atoms with E-state index in [2.05, 4.69) is 39.9 Å². The molecule has 1 N–H and O–H groups in total. The molecule has 0 saturated carbocycles. The molecule has 0 radical (unpaired) electrons. The normalized spacial score (nSPS) is 12.7. The number of nitrogens with one attached hydrogen (secondary N) is 1. The van der Waals surface area contributed by atoms with Gasteiger partial charge in [-0.2, -0.15) is 0 Å². The largest absolute Gasteiger partial charge is 0.330 e. The summed E-state index contributed by atoms with van der Waals surface area (Å²) < 4.78 is 2.13. The van der Waals surface area contributed by atoms with Crippen molar-refractivity contribution in [2.24, 2.45) is 7.05 Å². The first-order chi connectivity index (χ1) is 9.75. The molecule has 2 heterocycles. The van der Waals surface area contributed by atoms with Gasteiger partial charge in [0, 0.05) is 19.3 Å². The lowest BCUT2D eigenvalue weighted by Gasteiger charge is -2.12. The summed E-state index contributed by atoms with van der Waals surface area (Å²) in [5.74, 6) is 1.04. The number of aromatic nitrogens is 3. The molecule has 0 aliphatic rings. The van der Waals surface area contributed by atoms with Gasteiger partial charge in [0.2, 0.25) is 0 Å². The Kier molecular flexibility index (Phi) is 3.48. The highest BCUT2D eigenvalue weighted by Crippen LogP contribution is 2.15. The lowest BCUT2D eigenvalue weighted by Crippen LogP contribution is -2.20. The molecule has 2 aromatic heterocycles. The Labute approximate surface area is 118 Å². The Balaban J connectivity index is 1.76. The Morgan fingerprint density at radius 2 is 1.95 bits per heavy atom. The fraction of sp³-hybridized carbons (Fsp3) is 0.250. The Hall–Kier alpha value is -2.20. The van der Waals surface area contributed by atoms with Crippen LogP contribution in [0.1, 0.15) is 24.5 Å². The fourth-order valence-electron chi connectivity index (χ4n) is 2.33. The van der Waals surface area contributed by atoms with Crippen molar-refractivity contribution in [1.82, 2.24) is 19.9 Å². The second kappa shape index (κ2) is 5.43. The highest BCUT2D eigenvalue weighted by Gasteiger charge is 2.10. The number of fused-ring (bicyclic) bond motifs is 1. The molecule has 102 valence electrons. The highest BCUT2D eigenvalue weighted by molar-refractivity contribution is 5.75. The van der Waals surface area contributed by atoms with E-state index in [1.807, 2.05) is 42.6 Å². The van der Waals surface area contributed by atoms with Crippen LogP contribution in [0.5, 0.6) is 0 Å². The zero-order valence-corrected chi connectivity index (χ0v) is 11.7. The van der Waals surface area contributed by atoms with Gasteiger partial charge in [0.15, 0.2) is 0 Å². The summed E-state index contributed by atoms with van der Waals surface area (Å²) in [6.07, 6.45) is 1.82. The molecule has 20 heavy (non-hydrogen) atoms. The van der Waals surface area contributed by atoms with Crippen LogP contribution in [0.4, 0.5) is 0 Å². The molecule has 3 aromatic rings. The Morgan fingerprint density at radius 1 is 1.15 bits per heavy atom. The molecule has 0 aliphatic heterocycles. The van der Waals surface area contributed by atoms with Crippen LogP contribution >= 0.6 is 0 Å². The summed E-state index contributed by atoms with van der Waals surface area (Å²) in [5, 5.41) is 3.47. The van der Waals surface area contributed by atoms with Crippen molar-refractivity contribution in [1.29, 1.82) is 0 Å². The van der Waals surface area contributed by atoms with Crippen LogP contribution in [-0.2, 0) is 13.6 Å². The Bertz CT molecular complexity index is 703. The molecule has 4 nitrogen and oxygen atoms in total. The van der Waals surface area contributed by atoms with E-state index < -0.39 is 0 Å². The highest BCUT2D eigenvalue weighted by atomic mass is 15.1. The smallest absolute Gasteiger partial charge is 0.123 e. The van der Waals surface area contributed by atoms with Gasteiger partial charge in [0.25, 0.3) is 0 Å². The molecule has 3 rings (SSSR count). The van der Waals surface area contributed by atoms with Crippen LogP contribution in [0.15, 0.2) is 48.7 Å². The number of pyridine rings is 1. The maximum absolute atomic E-state index is 4.66. The van der Waals surface area contributed by atoms with Crippen molar-refractivity contribution in [3.05, 3.63) is 60.2 Å². The molecule has 1 aromatic carbocycles. The number of aryl methyl sites for hydroxylation is 1. The molecule has 0 aliphatic carbocycles. The number of hydrogen-bond acceptors (Lipinski definition) is 3. The third-order valence-corrected chi connectivity index (χ3v) is 3.58. The average Bonchev–Trinajstić information content (AvgIpc) is 2.83. The molecule has 0 amide bonds. The zero-order chi connectivity index (χ0) is 13.9. The van der Waals surface area contributed by atoms with Gasteiger partial charge in [0.1, 0.15) is 5.82 Å². The summed E-state index contributed by atoms with van der Waals surface area (Å²) in [5.41, 5.74) is 3.25. The molecule has 0 bridgehead atoms. The summed E-state index contributed by atoms with van der Waals surface area (Å²) in [7, 11) is 2.05. The van der Waals surface area contributed by atoms with Crippen LogP contribution in [0, 0.1) is 0 Å². The zero-order valence-electron chi connectivity index (χ0n) is 11.7. The SMILES string of the molecule is C[C@@H](NCc1nc2ccccc2n1C)c1ccccn1. The van der Waals surface area contributed by atoms with Crippen molar-refractivity contribution in [2.75, 3.05) is 0 Å². The van der Waals surface area contributed by atoms with Crippen molar-refractivity contribution in [2.45, 2.75) is 19.5 Å². The lowest BCUT2D eigenvalue weighted by molar-refractivity contribution is 0.540. The topological polar surface area (TPSA) is 42.7 Å². The van der Waals surface area contributed by atoms with Gasteiger partial charge in [-0.15, -0.1) is 0 Å². The Morgan fingerprint density at radius 3 is 2.70 bits per heavy atom. The van der Waals surface area contributed by atoms with Crippen molar-refractivity contribution in [3.8, 4) is 0 Å². The van der Waals surface area contributed by atoms with E-state index in [1.165, 1.54) is 0 Å². The first kappa shape index (κ1) is 12.8. The van der Waals surface area contributed by atoms with Gasteiger partial charge >= 0.3 is 0 Å². The first-order valence-corrected chi connectivity index (χ1v) is 6.80. The first-order valence-electron chi connectivity index (χ1n) is 6.80. The second-order valence-corrected chi connectivity index (χ2v) is 4.93. The third-order valence-electron chi connectivity index (χ3n) is 3.58. The maximum Gasteiger partial charge on any atom is 0.123 e. The van der Waals surface area contributed by atoms with Crippen molar-refractivity contribution >= 4 is 11.0 Å². The van der Waals surface area contributed by atoms with E-state index in [1.54, 1.807) is 0 Å². The molecular formula is C16H18N4. The monoisotopic (exact) mass is 266 g/mol.